The molecule has 5 fully saturated rings. The van der Waals surface area contributed by atoms with Crippen LogP contribution in [-0.4, -0.2) is 54.4 Å². The molecule has 9 nitrogen and oxygen atoms in total. The molecule has 9 heteroatoms. The number of nitrogens with zero attached hydrogens (tertiary/aromatic N) is 1. The monoisotopic (exact) mass is 553 g/mol. The number of hydrogen-bond donors (Lipinski definition) is 2. The third kappa shape index (κ3) is 4.85. The second-order valence-corrected chi connectivity index (χ2v) is 12.6. The van der Waals surface area contributed by atoms with E-state index >= 15 is 0 Å². The van der Waals surface area contributed by atoms with E-state index in [2.05, 4.69) is 36.4 Å². The second-order valence-electron chi connectivity index (χ2n) is 12.6. The molecule has 218 valence electrons. The number of aromatic nitrogens is 1. The van der Waals surface area contributed by atoms with Crippen molar-refractivity contribution in [1.29, 1.82) is 0 Å². The van der Waals surface area contributed by atoms with Gasteiger partial charge in [0.15, 0.2) is 11.9 Å². The molecule has 2 N–H and O–H groups in total. The predicted octanol–water partition coefficient (Wildman–Crippen LogP) is 5.19. The van der Waals surface area contributed by atoms with Gasteiger partial charge >= 0.3 is 0 Å². The lowest BCUT2D eigenvalue weighted by Crippen LogP contribution is -2.76. The van der Waals surface area contributed by atoms with Crippen LogP contribution in [0, 0.1) is 23.7 Å². The first-order valence-corrected chi connectivity index (χ1v) is 14.9. The fraction of sp³-hybridized carbons (Fsp3) is 0.677. The fourth-order valence-electron chi connectivity index (χ4n) is 7.65. The summed E-state index contributed by atoms with van der Waals surface area (Å²) in [6.07, 6.45) is 6.17. The van der Waals surface area contributed by atoms with Crippen LogP contribution >= 0.6 is 0 Å². The molecular formula is C31H43N3O6. The molecule has 1 spiro atoms. The van der Waals surface area contributed by atoms with Crippen molar-refractivity contribution >= 4 is 22.5 Å². The van der Waals surface area contributed by atoms with Crippen LogP contribution in [0.3, 0.4) is 0 Å². The summed E-state index contributed by atoms with van der Waals surface area (Å²) in [7, 11) is 1.67. The minimum atomic E-state index is -0.793. The minimum Gasteiger partial charge on any atom is -0.497 e. The average molecular weight is 554 g/mol. The molecule has 40 heavy (non-hydrogen) atoms. The summed E-state index contributed by atoms with van der Waals surface area (Å²) in [6, 6.07) is 8.14. The molecule has 9 atom stereocenters. The number of anilines is 1. The molecule has 2 bridgehead atoms. The highest BCUT2D eigenvalue weighted by Crippen LogP contribution is 2.62. The number of fused-ring (bicyclic) bond motifs is 2. The number of nitrogens with one attached hydrogen (secondary N) is 2. The molecule has 5 aliphatic rings. The van der Waals surface area contributed by atoms with E-state index in [1.807, 2.05) is 31.2 Å². The van der Waals surface area contributed by atoms with E-state index in [4.69, 9.17) is 24.0 Å². The van der Waals surface area contributed by atoms with Crippen LogP contribution < -0.4 is 15.4 Å². The predicted molar refractivity (Wildman–Crippen MR) is 150 cm³/mol. The molecule has 7 rings (SSSR count). The second kappa shape index (κ2) is 10.7. The number of carbonyl (C=O) groups excluding carboxylic acids is 1. The minimum absolute atomic E-state index is 0.0153. The molecule has 4 aliphatic heterocycles. The summed E-state index contributed by atoms with van der Waals surface area (Å²) in [6.45, 7) is 9.18. The largest absolute Gasteiger partial charge is 0.497 e. The highest BCUT2D eigenvalue weighted by atomic mass is 17.3. The van der Waals surface area contributed by atoms with Gasteiger partial charge in [0.2, 0.25) is 11.7 Å². The molecule has 1 saturated carbocycles. The summed E-state index contributed by atoms with van der Waals surface area (Å²) >= 11 is 0. The van der Waals surface area contributed by atoms with Gasteiger partial charge in [0.05, 0.1) is 30.8 Å². The molecule has 0 radical (unpaired) electrons. The SMILES string of the molecule is COc1cc(NC(C)CCCNC(=O)C[C@H]2O[C@@H]3OC4(C)C[C@H]5[C@H](C)CCC([C@H]2C)[C@@]35OO4)c2ncccc2c1. The zero-order valence-corrected chi connectivity index (χ0v) is 24.3. The topological polar surface area (TPSA) is 100 Å². The van der Waals surface area contributed by atoms with Crippen molar-refractivity contribution < 1.29 is 28.8 Å². The van der Waals surface area contributed by atoms with Crippen molar-refractivity contribution in [3.05, 3.63) is 30.5 Å². The van der Waals surface area contributed by atoms with Gasteiger partial charge in [-0.15, -0.1) is 0 Å². The maximum Gasteiger partial charge on any atom is 0.222 e. The van der Waals surface area contributed by atoms with Gasteiger partial charge in [0, 0.05) is 48.5 Å². The Morgan fingerprint density at radius 1 is 1.23 bits per heavy atom. The number of ether oxygens (including phenoxy) is 3. The first-order valence-electron chi connectivity index (χ1n) is 14.9. The molecular weight excluding hydrogens is 510 g/mol. The van der Waals surface area contributed by atoms with Crippen molar-refractivity contribution in [2.45, 2.75) is 96.0 Å². The van der Waals surface area contributed by atoms with Gasteiger partial charge in [-0.3, -0.25) is 9.78 Å². The highest BCUT2D eigenvalue weighted by Gasteiger charge is 2.72. The van der Waals surface area contributed by atoms with Crippen LogP contribution in [0.2, 0.25) is 0 Å². The molecule has 1 aliphatic carbocycles. The molecule has 2 aromatic rings. The molecule has 1 amide bonds. The average Bonchev–Trinajstić information content (AvgIpc) is 2.94. The van der Waals surface area contributed by atoms with Gasteiger partial charge in [-0.1, -0.05) is 19.9 Å². The van der Waals surface area contributed by atoms with Crippen LogP contribution in [0.25, 0.3) is 10.9 Å². The summed E-state index contributed by atoms with van der Waals surface area (Å²) in [5.74, 6) is 1.29. The lowest BCUT2D eigenvalue weighted by atomic mass is 9.55. The van der Waals surface area contributed by atoms with E-state index in [-0.39, 0.29) is 29.9 Å². The Morgan fingerprint density at radius 3 is 2.90 bits per heavy atom. The summed E-state index contributed by atoms with van der Waals surface area (Å²) in [5.41, 5.74) is 1.30. The smallest absolute Gasteiger partial charge is 0.222 e. The maximum absolute atomic E-state index is 13.0. The number of carbonyl (C=O) groups is 1. The van der Waals surface area contributed by atoms with Crippen LogP contribution in [0.4, 0.5) is 5.69 Å². The summed E-state index contributed by atoms with van der Waals surface area (Å²) in [4.78, 5) is 29.4. The van der Waals surface area contributed by atoms with Crippen molar-refractivity contribution in [3.8, 4) is 5.75 Å². The first kappa shape index (κ1) is 27.7. The third-order valence-electron chi connectivity index (χ3n) is 9.81. The van der Waals surface area contributed by atoms with Crippen LogP contribution in [0.1, 0.15) is 66.2 Å². The Hall–Kier alpha value is -2.46. The maximum atomic E-state index is 13.0. The Kier molecular flexibility index (Phi) is 7.44. The van der Waals surface area contributed by atoms with E-state index in [1.54, 1.807) is 13.3 Å². The first-order chi connectivity index (χ1) is 19.2. The van der Waals surface area contributed by atoms with Crippen molar-refractivity contribution in [2.24, 2.45) is 23.7 Å². The van der Waals surface area contributed by atoms with Gasteiger partial charge in [-0.25, -0.2) is 9.78 Å². The van der Waals surface area contributed by atoms with E-state index in [1.165, 1.54) is 0 Å². The van der Waals surface area contributed by atoms with Crippen molar-refractivity contribution in [3.63, 3.8) is 0 Å². The zero-order valence-electron chi connectivity index (χ0n) is 24.3. The number of amides is 1. The fourth-order valence-corrected chi connectivity index (χ4v) is 7.65. The normalized spacial score (nSPS) is 37.0. The number of methoxy groups -OCH3 is 1. The zero-order chi connectivity index (χ0) is 28.1. The number of pyridine rings is 1. The molecule has 3 unspecified atom stereocenters. The summed E-state index contributed by atoms with van der Waals surface area (Å²) in [5, 5.41) is 7.72. The van der Waals surface area contributed by atoms with Gasteiger partial charge in [-0.2, -0.15) is 0 Å². The Balaban J connectivity index is 1.01. The lowest BCUT2D eigenvalue weighted by Gasteiger charge is -2.66. The van der Waals surface area contributed by atoms with Crippen LogP contribution in [0.15, 0.2) is 30.5 Å². The van der Waals surface area contributed by atoms with Crippen molar-refractivity contribution in [2.75, 3.05) is 19.0 Å². The number of benzene rings is 1. The third-order valence-corrected chi connectivity index (χ3v) is 9.81. The van der Waals surface area contributed by atoms with E-state index < -0.39 is 17.7 Å². The van der Waals surface area contributed by atoms with Crippen molar-refractivity contribution in [1.82, 2.24) is 10.3 Å². The van der Waals surface area contributed by atoms with E-state index in [0.717, 1.165) is 54.4 Å². The highest BCUT2D eigenvalue weighted by molar-refractivity contribution is 5.91. The quantitative estimate of drug-likeness (QED) is 0.323. The lowest BCUT2D eigenvalue weighted by molar-refractivity contribution is -0.610. The molecule has 5 heterocycles. The summed E-state index contributed by atoms with van der Waals surface area (Å²) < 4.78 is 18.3. The van der Waals surface area contributed by atoms with Gasteiger partial charge in [0.1, 0.15) is 5.75 Å². The van der Waals surface area contributed by atoms with E-state index in [9.17, 15) is 4.79 Å². The van der Waals surface area contributed by atoms with Gasteiger partial charge in [0.25, 0.3) is 0 Å². The molecule has 1 aromatic carbocycles. The Bertz CT molecular complexity index is 1240. The van der Waals surface area contributed by atoms with E-state index in [0.29, 0.717) is 24.8 Å². The molecule has 1 aromatic heterocycles. The Labute approximate surface area is 236 Å². The van der Waals surface area contributed by atoms with Gasteiger partial charge in [-0.05, 0) is 63.5 Å². The molecule has 4 saturated heterocycles. The number of rotatable bonds is 9. The van der Waals surface area contributed by atoms with Crippen LogP contribution in [0.5, 0.6) is 5.75 Å². The Morgan fingerprint density at radius 2 is 2.08 bits per heavy atom. The van der Waals surface area contributed by atoms with Gasteiger partial charge < -0.3 is 24.8 Å². The standard InChI is InChI=1S/C31H43N3O6/c1-18-10-11-23-20(3)26(37-29-31(23)24(18)17-30(4,38-29)39-40-31)16-27(35)32-12-6-8-19(2)34-25-15-22(36-5)14-21-9-7-13-33-28(21)25/h7,9,13-15,18-20,23-24,26,29,34H,6,8,10-12,16-17H2,1-5H3,(H,32,35)/t18-,19?,20-,23?,24+,26-,29-,30?,31+/m1/s1. The number of hydrogen-bond acceptors (Lipinski definition) is 8. The van der Waals surface area contributed by atoms with Crippen LogP contribution in [-0.2, 0) is 24.0 Å².